The van der Waals surface area contributed by atoms with Crippen LogP contribution in [-0.2, 0) is 4.79 Å². The third-order valence-electron chi connectivity index (χ3n) is 3.13. The van der Waals surface area contributed by atoms with E-state index in [-0.39, 0.29) is 5.91 Å². The minimum Gasteiger partial charge on any atom is -0.356 e. The van der Waals surface area contributed by atoms with Crippen molar-refractivity contribution in [2.24, 2.45) is 0 Å². The summed E-state index contributed by atoms with van der Waals surface area (Å²) in [7, 11) is 0. The summed E-state index contributed by atoms with van der Waals surface area (Å²) in [4.78, 5) is 11.4. The Labute approximate surface area is 99.4 Å². The number of carbonyl (C=O) groups excluding carboxylic acids is 1. The number of amides is 1. The average Bonchev–Trinajstić information content (AvgIpc) is 2.29. The number of hydrogen-bond acceptors (Lipinski definition) is 2. The van der Waals surface area contributed by atoms with Gasteiger partial charge in [-0.15, -0.1) is 0 Å². The van der Waals surface area contributed by atoms with Gasteiger partial charge in [-0.3, -0.25) is 4.79 Å². The molecule has 1 saturated heterocycles. The van der Waals surface area contributed by atoms with E-state index in [0.29, 0.717) is 6.42 Å². The Morgan fingerprint density at radius 2 is 1.25 bits per heavy atom. The highest BCUT2D eigenvalue weighted by Crippen LogP contribution is 2.08. The first-order valence-corrected chi connectivity index (χ1v) is 6.87. The zero-order chi connectivity index (χ0) is 11.5. The summed E-state index contributed by atoms with van der Waals surface area (Å²) in [6, 6.07) is 0. The van der Waals surface area contributed by atoms with Gasteiger partial charge in [0, 0.05) is 19.5 Å². The van der Waals surface area contributed by atoms with Crippen LogP contribution in [0.3, 0.4) is 0 Å². The van der Waals surface area contributed by atoms with Gasteiger partial charge in [-0.25, -0.2) is 0 Å². The molecule has 0 aromatic carbocycles. The zero-order valence-electron chi connectivity index (χ0n) is 10.4. The van der Waals surface area contributed by atoms with E-state index in [1.165, 1.54) is 44.9 Å². The van der Waals surface area contributed by atoms with Crippen molar-refractivity contribution in [2.75, 3.05) is 19.6 Å². The van der Waals surface area contributed by atoms with Crippen LogP contribution in [0.2, 0.25) is 0 Å². The van der Waals surface area contributed by atoms with Crippen LogP contribution in [0.5, 0.6) is 0 Å². The third-order valence-corrected chi connectivity index (χ3v) is 3.13. The molecule has 0 saturated carbocycles. The molecule has 0 aliphatic carbocycles. The van der Waals surface area contributed by atoms with Gasteiger partial charge in [-0.05, 0) is 19.4 Å². The molecule has 16 heavy (non-hydrogen) atoms. The van der Waals surface area contributed by atoms with Crippen molar-refractivity contribution in [2.45, 2.75) is 57.8 Å². The molecule has 0 aromatic rings. The third kappa shape index (κ3) is 7.69. The summed E-state index contributed by atoms with van der Waals surface area (Å²) in [5, 5.41) is 6.30. The second-order valence-corrected chi connectivity index (χ2v) is 4.68. The molecule has 1 aliphatic rings. The SMILES string of the molecule is O=C1CCNCCCCCCCCCCN1. The summed E-state index contributed by atoms with van der Waals surface area (Å²) >= 11 is 0. The van der Waals surface area contributed by atoms with Gasteiger partial charge in [0.25, 0.3) is 0 Å². The van der Waals surface area contributed by atoms with Crippen LogP contribution < -0.4 is 10.6 Å². The highest BCUT2D eigenvalue weighted by Gasteiger charge is 2.00. The van der Waals surface area contributed by atoms with Crippen LogP contribution in [0, 0.1) is 0 Å². The maximum Gasteiger partial charge on any atom is 0.221 e. The quantitative estimate of drug-likeness (QED) is 0.665. The summed E-state index contributed by atoms with van der Waals surface area (Å²) < 4.78 is 0. The van der Waals surface area contributed by atoms with E-state index in [1.807, 2.05) is 0 Å². The molecule has 0 spiro atoms. The van der Waals surface area contributed by atoms with E-state index in [0.717, 1.165) is 26.1 Å². The van der Waals surface area contributed by atoms with Crippen LogP contribution >= 0.6 is 0 Å². The van der Waals surface area contributed by atoms with Gasteiger partial charge in [0.15, 0.2) is 0 Å². The minimum atomic E-state index is 0.197. The monoisotopic (exact) mass is 226 g/mol. The second kappa shape index (κ2) is 9.64. The fourth-order valence-electron chi connectivity index (χ4n) is 2.08. The molecule has 3 heteroatoms. The fourth-order valence-corrected chi connectivity index (χ4v) is 2.08. The molecular formula is C13H26N2O. The van der Waals surface area contributed by atoms with Gasteiger partial charge in [-0.2, -0.15) is 0 Å². The van der Waals surface area contributed by atoms with Crippen molar-refractivity contribution >= 4 is 5.91 Å². The minimum absolute atomic E-state index is 0.197. The van der Waals surface area contributed by atoms with E-state index in [4.69, 9.17) is 0 Å². The molecule has 1 rings (SSSR count). The lowest BCUT2D eigenvalue weighted by Crippen LogP contribution is -2.28. The molecular weight excluding hydrogens is 200 g/mol. The lowest BCUT2D eigenvalue weighted by molar-refractivity contribution is -0.121. The van der Waals surface area contributed by atoms with E-state index < -0.39 is 0 Å². The van der Waals surface area contributed by atoms with Crippen LogP contribution in [0.25, 0.3) is 0 Å². The molecule has 2 N–H and O–H groups in total. The Morgan fingerprint density at radius 3 is 1.94 bits per heavy atom. The lowest BCUT2D eigenvalue weighted by Gasteiger charge is -2.05. The molecule has 94 valence electrons. The van der Waals surface area contributed by atoms with Gasteiger partial charge in [0.2, 0.25) is 5.91 Å². The maximum absolute atomic E-state index is 11.4. The Kier molecular flexibility index (Phi) is 8.13. The van der Waals surface area contributed by atoms with Crippen LogP contribution in [-0.4, -0.2) is 25.5 Å². The molecule has 0 bridgehead atoms. The first-order valence-electron chi connectivity index (χ1n) is 6.87. The maximum atomic E-state index is 11.4. The highest BCUT2D eigenvalue weighted by atomic mass is 16.1. The zero-order valence-corrected chi connectivity index (χ0v) is 10.4. The Morgan fingerprint density at radius 1 is 0.688 bits per heavy atom. The van der Waals surface area contributed by atoms with Gasteiger partial charge in [-0.1, -0.05) is 38.5 Å². The molecule has 0 aromatic heterocycles. The topological polar surface area (TPSA) is 41.1 Å². The number of carbonyl (C=O) groups is 1. The Bertz CT molecular complexity index is 165. The van der Waals surface area contributed by atoms with Crippen molar-refractivity contribution in [1.29, 1.82) is 0 Å². The molecule has 1 amide bonds. The summed E-state index contributed by atoms with van der Waals surface area (Å²) in [6.07, 6.45) is 11.1. The average molecular weight is 226 g/mol. The van der Waals surface area contributed by atoms with Crippen molar-refractivity contribution < 1.29 is 4.79 Å². The number of hydrogen-bond donors (Lipinski definition) is 2. The first kappa shape index (κ1) is 13.5. The predicted octanol–water partition coefficient (Wildman–Crippen LogP) is 2.22. The molecule has 1 fully saturated rings. The van der Waals surface area contributed by atoms with Crippen molar-refractivity contribution in [3.63, 3.8) is 0 Å². The van der Waals surface area contributed by atoms with E-state index in [2.05, 4.69) is 10.6 Å². The van der Waals surface area contributed by atoms with E-state index in [1.54, 1.807) is 0 Å². The first-order chi connectivity index (χ1) is 7.89. The molecule has 0 unspecified atom stereocenters. The Hall–Kier alpha value is -0.570. The van der Waals surface area contributed by atoms with Crippen molar-refractivity contribution in [3.8, 4) is 0 Å². The molecule has 0 atom stereocenters. The number of rotatable bonds is 0. The molecule has 1 heterocycles. The lowest BCUT2D eigenvalue weighted by atomic mass is 10.1. The summed E-state index contributed by atoms with van der Waals surface area (Å²) in [5.41, 5.74) is 0. The standard InChI is InChI=1S/C13H26N2O/c16-13-9-12-14-10-7-5-3-1-2-4-6-8-11-15-13/h14H,1-12H2,(H,15,16). The molecule has 3 nitrogen and oxygen atoms in total. The Balaban J connectivity index is 2.13. The van der Waals surface area contributed by atoms with Crippen molar-refractivity contribution in [1.82, 2.24) is 10.6 Å². The van der Waals surface area contributed by atoms with Crippen LogP contribution in [0.4, 0.5) is 0 Å². The second-order valence-electron chi connectivity index (χ2n) is 4.68. The van der Waals surface area contributed by atoms with Crippen LogP contribution in [0.1, 0.15) is 57.8 Å². The summed E-state index contributed by atoms with van der Waals surface area (Å²) in [5.74, 6) is 0.197. The fraction of sp³-hybridized carbons (Fsp3) is 0.923. The number of nitrogens with one attached hydrogen (secondary N) is 2. The molecule has 0 radical (unpaired) electrons. The van der Waals surface area contributed by atoms with Gasteiger partial charge in [0.1, 0.15) is 0 Å². The van der Waals surface area contributed by atoms with Gasteiger partial charge < -0.3 is 10.6 Å². The highest BCUT2D eigenvalue weighted by molar-refractivity contribution is 5.75. The largest absolute Gasteiger partial charge is 0.356 e. The van der Waals surface area contributed by atoms with Crippen LogP contribution in [0.15, 0.2) is 0 Å². The smallest absolute Gasteiger partial charge is 0.221 e. The normalized spacial score (nSPS) is 22.9. The summed E-state index contributed by atoms with van der Waals surface area (Å²) in [6.45, 7) is 2.75. The van der Waals surface area contributed by atoms with E-state index >= 15 is 0 Å². The van der Waals surface area contributed by atoms with Gasteiger partial charge >= 0.3 is 0 Å². The van der Waals surface area contributed by atoms with Gasteiger partial charge in [0.05, 0.1) is 0 Å². The van der Waals surface area contributed by atoms with Crippen molar-refractivity contribution in [3.05, 3.63) is 0 Å². The van der Waals surface area contributed by atoms with E-state index in [9.17, 15) is 4.79 Å². The predicted molar refractivity (Wildman–Crippen MR) is 67.4 cm³/mol. The molecule has 1 aliphatic heterocycles.